The third kappa shape index (κ3) is 3.82. The summed E-state index contributed by atoms with van der Waals surface area (Å²) in [6, 6.07) is 1.77. The molecule has 88 valence electrons. The van der Waals surface area contributed by atoms with Crippen LogP contribution in [0.2, 0.25) is 0 Å². The van der Waals surface area contributed by atoms with Gasteiger partial charge in [-0.3, -0.25) is 5.41 Å². The standard InChI is InChI=1S/C10H16N4O2/c1-3-15-6-7(2)16-10-13-5-4-8(14-10)9(11)12/h4-5,7H,3,6H2,1-2H3,(H3,11,12). The molecular weight excluding hydrogens is 208 g/mol. The van der Waals surface area contributed by atoms with Crippen molar-refractivity contribution in [2.24, 2.45) is 5.73 Å². The van der Waals surface area contributed by atoms with E-state index in [9.17, 15) is 0 Å². The van der Waals surface area contributed by atoms with Crippen molar-refractivity contribution in [3.8, 4) is 6.01 Å². The van der Waals surface area contributed by atoms with Gasteiger partial charge in [0.15, 0.2) is 0 Å². The van der Waals surface area contributed by atoms with Gasteiger partial charge in [0.25, 0.3) is 0 Å². The molecule has 0 aliphatic carbocycles. The number of hydrogen-bond acceptors (Lipinski definition) is 5. The summed E-state index contributed by atoms with van der Waals surface area (Å²) in [4.78, 5) is 7.91. The van der Waals surface area contributed by atoms with Crippen LogP contribution in [0.5, 0.6) is 6.01 Å². The zero-order chi connectivity index (χ0) is 12.0. The van der Waals surface area contributed by atoms with Crippen LogP contribution in [0, 0.1) is 5.41 Å². The van der Waals surface area contributed by atoms with Crippen molar-refractivity contribution >= 4 is 5.84 Å². The van der Waals surface area contributed by atoms with Gasteiger partial charge >= 0.3 is 6.01 Å². The average Bonchev–Trinajstić information content (AvgIpc) is 2.26. The number of amidine groups is 1. The van der Waals surface area contributed by atoms with Gasteiger partial charge in [-0.2, -0.15) is 4.98 Å². The Morgan fingerprint density at radius 1 is 1.62 bits per heavy atom. The predicted octanol–water partition coefficient (Wildman–Crippen LogP) is 0.564. The van der Waals surface area contributed by atoms with Gasteiger partial charge in [-0.1, -0.05) is 0 Å². The Balaban J connectivity index is 2.59. The lowest BCUT2D eigenvalue weighted by Crippen LogP contribution is -2.21. The number of rotatable bonds is 6. The minimum atomic E-state index is -0.137. The van der Waals surface area contributed by atoms with Gasteiger partial charge in [0.2, 0.25) is 0 Å². The van der Waals surface area contributed by atoms with Crippen LogP contribution in [0.4, 0.5) is 0 Å². The number of nitrogens with zero attached hydrogens (tertiary/aromatic N) is 2. The molecule has 0 aliphatic rings. The minimum absolute atomic E-state index is 0.107. The van der Waals surface area contributed by atoms with Crippen molar-refractivity contribution in [1.29, 1.82) is 5.41 Å². The van der Waals surface area contributed by atoms with Crippen molar-refractivity contribution in [2.45, 2.75) is 20.0 Å². The van der Waals surface area contributed by atoms with Crippen LogP contribution < -0.4 is 10.5 Å². The van der Waals surface area contributed by atoms with Gasteiger partial charge in [0.05, 0.1) is 6.61 Å². The lowest BCUT2D eigenvalue weighted by atomic mass is 10.4. The Hall–Kier alpha value is -1.69. The van der Waals surface area contributed by atoms with E-state index in [4.69, 9.17) is 20.6 Å². The van der Waals surface area contributed by atoms with E-state index in [1.165, 1.54) is 6.20 Å². The Bertz CT molecular complexity index is 356. The Morgan fingerprint density at radius 2 is 2.38 bits per heavy atom. The fraction of sp³-hybridized carbons (Fsp3) is 0.500. The Kier molecular flexibility index (Phi) is 4.65. The maximum atomic E-state index is 7.23. The van der Waals surface area contributed by atoms with E-state index in [1.807, 2.05) is 13.8 Å². The smallest absolute Gasteiger partial charge is 0.317 e. The largest absolute Gasteiger partial charge is 0.458 e. The second-order valence-corrected chi connectivity index (χ2v) is 3.23. The third-order valence-corrected chi connectivity index (χ3v) is 1.77. The van der Waals surface area contributed by atoms with E-state index in [0.717, 1.165) is 0 Å². The fourth-order valence-electron chi connectivity index (χ4n) is 1.05. The third-order valence-electron chi connectivity index (χ3n) is 1.77. The van der Waals surface area contributed by atoms with Crippen LogP contribution in [-0.4, -0.2) is 35.1 Å². The van der Waals surface area contributed by atoms with E-state index in [1.54, 1.807) is 6.07 Å². The summed E-state index contributed by atoms with van der Waals surface area (Å²) in [5.41, 5.74) is 5.66. The molecule has 0 spiro atoms. The van der Waals surface area contributed by atoms with Gasteiger partial charge in [0.1, 0.15) is 17.6 Å². The monoisotopic (exact) mass is 224 g/mol. The van der Waals surface area contributed by atoms with Crippen LogP contribution in [-0.2, 0) is 4.74 Å². The number of aromatic nitrogens is 2. The van der Waals surface area contributed by atoms with Crippen molar-refractivity contribution in [1.82, 2.24) is 9.97 Å². The highest BCUT2D eigenvalue weighted by atomic mass is 16.5. The normalized spacial score (nSPS) is 12.1. The number of nitrogens with one attached hydrogen (secondary N) is 1. The Morgan fingerprint density at radius 3 is 3.00 bits per heavy atom. The highest BCUT2D eigenvalue weighted by Gasteiger charge is 2.07. The highest BCUT2D eigenvalue weighted by molar-refractivity contribution is 5.92. The zero-order valence-electron chi connectivity index (χ0n) is 9.43. The lowest BCUT2D eigenvalue weighted by molar-refractivity contribution is 0.0607. The van der Waals surface area contributed by atoms with Crippen LogP contribution >= 0.6 is 0 Å². The molecule has 6 nitrogen and oxygen atoms in total. The molecule has 3 N–H and O–H groups in total. The van der Waals surface area contributed by atoms with E-state index in [2.05, 4.69) is 9.97 Å². The van der Waals surface area contributed by atoms with Crippen molar-refractivity contribution in [2.75, 3.05) is 13.2 Å². The average molecular weight is 224 g/mol. The molecule has 6 heteroatoms. The molecular formula is C10H16N4O2. The molecule has 0 saturated carbocycles. The summed E-state index contributed by atoms with van der Waals surface area (Å²) in [5, 5.41) is 7.23. The summed E-state index contributed by atoms with van der Waals surface area (Å²) in [7, 11) is 0. The van der Waals surface area contributed by atoms with Gasteiger partial charge in [-0.15, -0.1) is 0 Å². The molecule has 1 heterocycles. The SMILES string of the molecule is CCOCC(C)Oc1nccc(C(=N)N)n1. The zero-order valence-corrected chi connectivity index (χ0v) is 9.43. The van der Waals surface area contributed by atoms with E-state index >= 15 is 0 Å². The summed E-state index contributed by atoms with van der Waals surface area (Å²) in [6.07, 6.45) is 1.37. The molecule has 0 saturated heterocycles. The van der Waals surface area contributed by atoms with Crippen LogP contribution in [0.3, 0.4) is 0 Å². The van der Waals surface area contributed by atoms with Crippen molar-refractivity contribution in [3.05, 3.63) is 18.0 Å². The molecule has 1 atom stereocenters. The number of nitrogen functional groups attached to an aromatic ring is 1. The number of nitrogens with two attached hydrogens (primary N) is 1. The first-order chi connectivity index (χ1) is 7.63. The highest BCUT2D eigenvalue weighted by Crippen LogP contribution is 2.05. The summed E-state index contributed by atoms with van der Waals surface area (Å²) in [5.74, 6) is -0.107. The lowest BCUT2D eigenvalue weighted by Gasteiger charge is -2.12. The second-order valence-electron chi connectivity index (χ2n) is 3.23. The molecule has 1 aromatic heterocycles. The maximum Gasteiger partial charge on any atom is 0.317 e. The van der Waals surface area contributed by atoms with E-state index in [0.29, 0.717) is 18.9 Å². The Labute approximate surface area is 94.3 Å². The summed E-state index contributed by atoms with van der Waals surface area (Å²) in [6.45, 7) is 4.89. The molecule has 1 aromatic rings. The fourth-order valence-corrected chi connectivity index (χ4v) is 1.05. The molecule has 0 amide bonds. The van der Waals surface area contributed by atoms with Gasteiger partial charge < -0.3 is 15.2 Å². The van der Waals surface area contributed by atoms with Gasteiger partial charge in [-0.05, 0) is 19.9 Å². The van der Waals surface area contributed by atoms with E-state index < -0.39 is 0 Å². The maximum absolute atomic E-state index is 7.23. The topological polar surface area (TPSA) is 94.1 Å². The van der Waals surface area contributed by atoms with Crippen LogP contribution in [0.15, 0.2) is 12.3 Å². The molecule has 0 radical (unpaired) electrons. The van der Waals surface area contributed by atoms with Gasteiger partial charge in [-0.25, -0.2) is 4.98 Å². The van der Waals surface area contributed by atoms with Crippen molar-refractivity contribution < 1.29 is 9.47 Å². The molecule has 1 unspecified atom stereocenters. The molecule has 0 aromatic carbocycles. The van der Waals surface area contributed by atoms with Gasteiger partial charge in [0, 0.05) is 12.8 Å². The van der Waals surface area contributed by atoms with Crippen LogP contribution in [0.25, 0.3) is 0 Å². The quantitative estimate of drug-likeness (QED) is 0.544. The molecule has 0 bridgehead atoms. The summed E-state index contributed by atoms with van der Waals surface area (Å²) < 4.78 is 10.6. The predicted molar refractivity (Wildman–Crippen MR) is 59.6 cm³/mol. The molecule has 1 rings (SSSR count). The van der Waals surface area contributed by atoms with E-state index in [-0.39, 0.29) is 18.0 Å². The summed E-state index contributed by atoms with van der Waals surface area (Å²) >= 11 is 0. The van der Waals surface area contributed by atoms with Crippen LogP contribution in [0.1, 0.15) is 19.5 Å². The minimum Gasteiger partial charge on any atom is -0.458 e. The number of hydrogen-bond donors (Lipinski definition) is 2. The molecule has 0 aliphatic heterocycles. The van der Waals surface area contributed by atoms with Crippen molar-refractivity contribution in [3.63, 3.8) is 0 Å². The second kappa shape index (κ2) is 6.02. The molecule has 0 fully saturated rings. The first-order valence-corrected chi connectivity index (χ1v) is 5.05. The molecule has 16 heavy (non-hydrogen) atoms. The first-order valence-electron chi connectivity index (χ1n) is 5.05. The first kappa shape index (κ1) is 12.4. The number of ether oxygens (including phenoxy) is 2.